The van der Waals surface area contributed by atoms with Crippen molar-refractivity contribution in [2.75, 3.05) is 11.9 Å². The number of nitrogens with zero attached hydrogens (tertiary/aromatic N) is 6. The van der Waals surface area contributed by atoms with Crippen LogP contribution >= 0.6 is 0 Å². The molecule has 150 valence electrons. The molecule has 1 aliphatic rings. The Balaban J connectivity index is 1.59. The maximum Gasteiger partial charge on any atom is 0.229 e. The highest BCUT2D eigenvalue weighted by atomic mass is 28.3. The molecule has 0 saturated heterocycles. The molecule has 9 heteroatoms. The first kappa shape index (κ1) is 19.1. The summed E-state index contributed by atoms with van der Waals surface area (Å²) in [6, 6.07) is 1.15. The Morgan fingerprint density at radius 1 is 1.25 bits per heavy atom. The van der Waals surface area contributed by atoms with Crippen molar-refractivity contribution < 1.29 is 4.74 Å². The van der Waals surface area contributed by atoms with Gasteiger partial charge in [-0.05, 0) is 25.8 Å². The maximum atomic E-state index is 5.92. The molecule has 1 fully saturated rings. The van der Waals surface area contributed by atoms with Crippen molar-refractivity contribution in [3.63, 3.8) is 0 Å². The molecule has 0 amide bonds. The van der Waals surface area contributed by atoms with E-state index >= 15 is 0 Å². The Morgan fingerprint density at radius 3 is 2.68 bits per heavy atom. The van der Waals surface area contributed by atoms with Crippen molar-refractivity contribution in [3.8, 4) is 0 Å². The fourth-order valence-electron chi connectivity index (χ4n) is 3.14. The van der Waals surface area contributed by atoms with Gasteiger partial charge in [0.25, 0.3) is 0 Å². The molecule has 1 aliphatic carbocycles. The van der Waals surface area contributed by atoms with Crippen molar-refractivity contribution in [3.05, 3.63) is 23.9 Å². The van der Waals surface area contributed by atoms with Gasteiger partial charge in [0.15, 0.2) is 5.65 Å². The van der Waals surface area contributed by atoms with E-state index in [0.717, 1.165) is 53.7 Å². The molecule has 4 rings (SSSR count). The van der Waals surface area contributed by atoms with Gasteiger partial charge < -0.3 is 10.1 Å². The van der Waals surface area contributed by atoms with Gasteiger partial charge in [-0.2, -0.15) is 10.1 Å². The molecule has 3 aromatic heterocycles. The minimum absolute atomic E-state index is 0.466. The number of aryl methyl sites for hydroxylation is 2. The minimum Gasteiger partial charge on any atom is -0.361 e. The first-order valence-corrected chi connectivity index (χ1v) is 13.6. The zero-order valence-electron chi connectivity index (χ0n) is 17.4. The lowest BCUT2D eigenvalue weighted by atomic mass is 10.2. The van der Waals surface area contributed by atoms with Gasteiger partial charge in [-0.25, -0.2) is 9.97 Å². The number of anilines is 2. The smallest absolute Gasteiger partial charge is 0.229 e. The van der Waals surface area contributed by atoms with Crippen LogP contribution in [-0.4, -0.2) is 44.0 Å². The number of rotatable bonds is 8. The van der Waals surface area contributed by atoms with E-state index < -0.39 is 8.07 Å². The summed E-state index contributed by atoms with van der Waals surface area (Å²) < 4.78 is 9.69. The number of fused-ring (bicyclic) bond motifs is 1. The second kappa shape index (κ2) is 7.29. The molecular weight excluding hydrogens is 370 g/mol. The number of hydrogen-bond acceptors (Lipinski definition) is 6. The number of imidazole rings is 1. The van der Waals surface area contributed by atoms with Crippen LogP contribution in [0.15, 0.2) is 12.5 Å². The van der Waals surface area contributed by atoms with Crippen molar-refractivity contribution in [1.29, 1.82) is 0 Å². The largest absolute Gasteiger partial charge is 0.361 e. The van der Waals surface area contributed by atoms with Crippen LogP contribution in [-0.2, 0) is 18.5 Å². The van der Waals surface area contributed by atoms with Crippen LogP contribution in [0.5, 0.6) is 0 Å². The Bertz CT molecular complexity index is 984. The van der Waals surface area contributed by atoms with Gasteiger partial charge in [0.2, 0.25) is 5.95 Å². The minimum atomic E-state index is -1.10. The highest BCUT2D eigenvalue weighted by Gasteiger charge is 2.29. The normalized spacial score (nSPS) is 14.8. The van der Waals surface area contributed by atoms with E-state index in [0.29, 0.717) is 18.6 Å². The van der Waals surface area contributed by atoms with Crippen LogP contribution in [0.25, 0.3) is 11.2 Å². The van der Waals surface area contributed by atoms with Gasteiger partial charge in [-0.15, -0.1) is 0 Å². The highest BCUT2D eigenvalue weighted by Crippen LogP contribution is 2.42. The number of nitrogens with one attached hydrogen (secondary N) is 1. The van der Waals surface area contributed by atoms with E-state index in [1.54, 1.807) is 4.68 Å². The maximum absolute atomic E-state index is 5.92. The molecular formula is C19H29N7OSi. The zero-order chi connectivity index (χ0) is 19.9. The second-order valence-corrected chi connectivity index (χ2v) is 14.5. The number of aromatic nitrogens is 6. The summed E-state index contributed by atoms with van der Waals surface area (Å²) >= 11 is 0. The lowest BCUT2D eigenvalue weighted by Gasteiger charge is -2.15. The predicted octanol–water partition coefficient (Wildman–Crippen LogP) is 3.80. The van der Waals surface area contributed by atoms with Crippen LogP contribution in [0.2, 0.25) is 25.7 Å². The molecule has 0 aliphatic heterocycles. The third-order valence-corrected chi connectivity index (χ3v) is 6.65. The van der Waals surface area contributed by atoms with Crippen LogP contribution in [0.1, 0.15) is 30.1 Å². The molecule has 0 radical (unpaired) electrons. The van der Waals surface area contributed by atoms with Crippen LogP contribution < -0.4 is 5.32 Å². The first-order chi connectivity index (χ1) is 13.3. The van der Waals surface area contributed by atoms with Crippen molar-refractivity contribution in [2.45, 2.75) is 58.1 Å². The fraction of sp³-hybridized carbons (Fsp3) is 0.579. The Morgan fingerprint density at radius 2 is 2.04 bits per heavy atom. The lowest BCUT2D eigenvalue weighted by Crippen LogP contribution is -2.22. The van der Waals surface area contributed by atoms with Gasteiger partial charge in [0, 0.05) is 33.8 Å². The van der Waals surface area contributed by atoms with E-state index in [1.807, 2.05) is 31.1 Å². The lowest BCUT2D eigenvalue weighted by molar-refractivity contribution is 0.0895. The Kier molecular flexibility index (Phi) is 4.96. The quantitative estimate of drug-likeness (QED) is 0.458. The SMILES string of the molecule is Cc1nn(C)cc1Nc1nc(C2CC2)c2ncn(COCC[Si](C)(C)C)c2n1. The highest BCUT2D eigenvalue weighted by molar-refractivity contribution is 6.76. The van der Waals surface area contributed by atoms with E-state index in [9.17, 15) is 0 Å². The summed E-state index contributed by atoms with van der Waals surface area (Å²) in [7, 11) is 0.810. The van der Waals surface area contributed by atoms with Crippen LogP contribution in [0, 0.1) is 6.92 Å². The molecule has 0 bridgehead atoms. The molecule has 0 atom stereocenters. The average Bonchev–Trinajstić information content (AvgIpc) is 3.30. The molecule has 0 unspecified atom stereocenters. The van der Waals surface area contributed by atoms with Gasteiger partial charge >= 0.3 is 0 Å². The zero-order valence-corrected chi connectivity index (χ0v) is 18.4. The summed E-state index contributed by atoms with van der Waals surface area (Å²) in [4.78, 5) is 14.1. The van der Waals surface area contributed by atoms with E-state index in [2.05, 4.69) is 35.0 Å². The van der Waals surface area contributed by atoms with E-state index in [4.69, 9.17) is 14.7 Å². The van der Waals surface area contributed by atoms with Gasteiger partial charge in [-0.3, -0.25) is 9.25 Å². The molecule has 0 aromatic carbocycles. The van der Waals surface area contributed by atoms with Gasteiger partial charge in [0.05, 0.1) is 23.4 Å². The molecule has 1 saturated carbocycles. The Labute approximate surface area is 166 Å². The summed E-state index contributed by atoms with van der Waals surface area (Å²) in [5, 5.41) is 7.71. The molecule has 28 heavy (non-hydrogen) atoms. The first-order valence-electron chi connectivity index (χ1n) is 9.88. The molecule has 0 spiro atoms. The standard InChI is InChI=1S/C19H29N7OSi/c1-13-15(10-25(2)24-13)21-19-22-16(14-6-7-14)17-18(23-19)26(11-20-17)12-27-8-9-28(3,4)5/h10-11,14H,6-9,12H2,1-5H3,(H,21,22,23). The number of hydrogen-bond donors (Lipinski definition) is 1. The summed E-state index contributed by atoms with van der Waals surface area (Å²) in [6.45, 7) is 10.3. The topological polar surface area (TPSA) is 82.7 Å². The average molecular weight is 400 g/mol. The van der Waals surface area contributed by atoms with Crippen LogP contribution in [0.3, 0.4) is 0 Å². The fourth-order valence-corrected chi connectivity index (χ4v) is 3.90. The van der Waals surface area contributed by atoms with Crippen molar-refractivity contribution in [1.82, 2.24) is 29.3 Å². The summed E-state index contributed by atoms with van der Waals surface area (Å²) in [5.74, 6) is 1.08. The van der Waals surface area contributed by atoms with Crippen LogP contribution in [0.4, 0.5) is 11.6 Å². The van der Waals surface area contributed by atoms with Gasteiger partial charge in [-0.1, -0.05) is 19.6 Å². The molecule has 3 heterocycles. The van der Waals surface area contributed by atoms with Gasteiger partial charge in [0.1, 0.15) is 12.2 Å². The van der Waals surface area contributed by atoms with Crippen molar-refractivity contribution in [2.24, 2.45) is 7.05 Å². The summed E-state index contributed by atoms with van der Waals surface area (Å²) in [6.07, 6.45) is 6.09. The monoisotopic (exact) mass is 399 g/mol. The summed E-state index contributed by atoms with van der Waals surface area (Å²) in [5.41, 5.74) is 4.59. The third kappa shape index (κ3) is 4.25. The Hall–Kier alpha value is -2.26. The molecule has 3 aromatic rings. The third-order valence-electron chi connectivity index (χ3n) is 4.94. The molecule has 8 nitrogen and oxygen atoms in total. The van der Waals surface area contributed by atoms with E-state index in [1.165, 1.54) is 0 Å². The van der Waals surface area contributed by atoms with Crippen molar-refractivity contribution >= 4 is 30.9 Å². The number of ether oxygens (including phenoxy) is 1. The predicted molar refractivity (Wildman–Crippen MR) is 113 cm³/mol. The second-order valence-electron chi connectivity index (χ2n) is 8.87. The molecule has 1 N–H and O–H groups in total. The van der Waals surface area contributed by atoms with E-state index in [-0.39, 0.29) is 0 Å².